The first-order chi connectivity index (χ1) is 8.76. The summed E-state index contributed by atoms with van der Waals surface area (Å²) >= 11 is 5.48. The van der Waals surface area contributed by atoms with E-state index in [0.29, 0.717) is 6.04 Å². The van der Waals surface area contributed by atoms with E-state index in [2.05, 4.69) is 40.3 Å². The minimum absolute atomic E-state index is 0.579. The molecule has 2 bridgehead atoms. The van der Waals surface area contributed by atoms with Crippen LogP contribution in [0.5, 0.6) is 0 Å². The number of hydrogen-bond acceptors (Lipinski definition) is 2. The summed E-state index contributed by atoms with van der Waals surface area (Å²) < 4.78 is 1.26. The Morgan fingerprint density at radius 2 is 2.28 bits per heavy atom. The minimum atomic E-state index is 0.579. The van der Waals surface area contributed by atoms with Crippen LogP contribution in [0.3, 0.4) is 0 Å². The van der Waals surface area contributed by atoms with Crippen LogP contribution in [0.25, 0.3) is 0 Å². The number of hydrogen-bond donors (Lipinski definition) is 1. The van der Waals surface area contributed by atoms with Crippen LogP contribution in [0.1, 0.15) is 49.9 Å². The van der Waals surface area contributed by atoms with Crippen molar-refractivity contribution >= 4 is 27.3 Å². The molecule has 1 aromatic heterocycles. The monoisotopic (exact) mass is 327 g/mol. The van der Waals surface area contributed by atoms with Gasteiger partial charge in [0.15, 0.2) is 0 Å². The van der Waals surface area contributed by atoms with E-state index in [1.165, 1.54) is 40.8 Å². The van der Waals surface area contributed by atoms with Gasteiger partial charge in [-0.15, -0.1) is 11.3 Å². The van der Waals surface area contributed by atoms with Gasteiger partial charge in [-0.25, -0.2) is 0 Å². The van der Waals surface area contributed by atoms with E-state index in [1.807, 2.05) is 11.3 Å². The lowest BCUT2D eigenvalue weighted by Gasteiger charge is -2.26. The molecule has 0 radical (unpaired) electrons. The molecule has 100 valence electrons. The maximum atomic E-state index is 3.69. The molecule has 0 amide bonds. The van der Waals surface area contributed by atoms with Crippen molar-refractivity contribution in [1.29, 1.82) is 0 Å². The highest BCUT2D eigenvalue weighted by Gasteiger charge is 2.40. The Balaban J connectivity index is 1.67. The van der Waals surface area contributed by atoms with Gasteiger partial charge in [0.2, 0.25) is 0 Å². The van der Waals surface area contributed by atoms with Crippen molar-refractivity contribution in [3.8, 4) is 0 Å². The molecular formula is C15H22BrNS. The molecule has 1 heterocycles. The van der Waals surface area contributed by atoms with Crippen LogP contribution in [0.2, 0.25) is 0 Å². The van der Waals surface area contributed by atoms with Crippen molar-refractivity contribution in [2.45, 2.75) is 45.1 Å². The van der Waals surface area contributed by atoms with Gasteiger partial charge in [-0.05, 0) is 78.0 Å². The topological polar surface area (TPSA) is 12.0 Å². The molecule has 0 spiro atoms. The standard InChI is InChI=1S/C15H22BrNS/c1-2-17-13(14-5-6-15(16)18-14)9-12-8-10-3-4-11(12)7-10/h5-6,10-13,17H,2-4,7-9H2,1H3. The van der Waals surface area contributed by atoms with E-state index in [4.69, 9.17) is 0 Å². The third-order valence-corrected chi connectivity index (χ3v) is 6.55. The Labute approximate surface area is 122 Å². The highest BCUT2D eigenvalue weighted by atomic mass is 79.9. The van der Waals surface area contributed by atoms with Gasteiger partial charge in [-0.3, -0.25) is 0 Å². The summed E-state index contributed by atoms with van der Waals surface area (Å²) in [6, 6.07) is 5.05. The van der Waals surface area contributed by atoms with Gasteiger partial charge >= 0.3 is 0 Å². The van der Waals surface area contributed by atoms with Gasteiger partial charge in [0.05, 0.1) is 3.79 Å². The predicted octanol–water partition coefficient (Wildman–Crippen LogP) is 4.99. The number of fused-ring (bicyclic) bond motifs is 2. The quantitative estimate of drug-likeness (QED) is 0.803. The maximum absolute atomic E-state index is 3.69. The van der Waals surface area contributed by atoms with Gasteiger partial charge in [0.25, 0.3) is 0 Å². The second-order valence-electron chi connectivity index (χ2n) is 5.92. The molecule has 0 aromatic carbocycles. The third kappa shape index (κ3) is 2.68. The Morgan fingerprint density at radius 3 is 2.83 bits per heavy atom. The van der Waals surface area contributed by atoms with Gasteiger partial charge < -0.3 is 5.32 Å². The molecule has 2 aliphatic carbocycles. The van der Waals surface area contributed by atoms with Crippen LogP contribution >= 0.6 is 27.3 Å². The lowest BCUT2D eigenvalue weighted by molar-refractivity contribution is 0.282. The normalized spacial score (nSPS) is 32.0. The zero-order valence-electron chi connectivity index (χ0n) is 11.0. The van der Waals surface area contributed by atoms with Crippen molar-refractivity contribution in [2.24, 2.45) is 17.8 Å². The summed E-state index contributed by atoms with van der Waals surface area (Å²) in [6.45, 7) is 3.29. The van der Waals surface area contributed by atoms with E-state index in [1.54, 1.807) is 0 Å². The molecule has 2 saturated carbocycles. The van der Waals surface area contributed by atoms with Crippen LogP contribution in [0.15, 0.2) is 15.9 Å². The third-order valence-electron chi connectivity index (χ3n) is 4.81. The number of halogens is 1. The molecule has 1 aromatic rings. The van der Waals surface area contributed by atoms with E-state index in [9.17, 15) is 0 Å². The molecule has 0 aliphatic heterocycles. The van der Waals surface area contributed by atoms with Crippen molar-refractivity contribution in [3.05, 3.63) is 20.8 Å². The summed E-state index contributed by atoms with van der Waals surface area (Å²) in [6.07, 6.45) is 7.39. The molecule has 1 nitrogen and oxygen atoms in total. The first kappa shape index (κ1) is 13.1. The molecule has 4 atom stereocenters. The lowest BCUT2D eigenvalue weighted by atomic mass is 9.84. The van der Waals surface area contributed by atoms with Crippen LogP contribution in [0, 0.1) is 17.8 Å². The smallest absolute Gasteiger partial charge is 0.0701 e. The first-order valence-corrected chi connectivity index (χ1v) is 8.85. The minimum Gasteiger partial charge on any atom is -0.310 e. The van der Waals surface area contributed by atoms with Crippen LogP contribution < -0.4 is 5.32 Å². The van der Waals surface area contributed by atoms with Crippen LogP contribution in [-0.2, 0) is 0 Å². The second kappa shape index (κ2) is 5.64. The Kier molecular flexibility index (Phi) is 4.12. The fourth-order valence-electron chi connectivity index (χ4n) is 4.03. The van der Waals surface area contributed by atoms with E-state index in [-0.39, 0.29) is 0 Å². The first-order valence-electron chi connectivity index (χ1n) is 7.25. The van der Waals surface area contributed by atoms with Crippen LogP contribution in [-0.4, -0.2) is 6.54 Å². The summed E-state index contributed by atoms with van der Waals surface area (Å²) in [7, 11) is 0. The Bertz CT molecular complexity index is 403. The summed E-state index contributed by atoms with van der Waals surface area (Å²) in [5.74, 6) is 3.09. The molecule has 2 fully saturated rings. The molecule has 3 heteroatoms. The molecule has 3 rings (SSSR count). The van der Waals surface area contributed by atoms with E-state index in [0.717, 1.165) is 24.3 Å². The average Bonchev–Trinajstić information content (AvgIpc) is 3.04. The molecule has 4 unspecified atom stereocenters. The largest absolute Gasteiger partial charge is 0.310 e. The van der Waals surface area contributed by atoms with Crippen molar-refractivity contribution < 1.29 is 0 Å². The SMILES string of the molecule is CCNC(CC1CC2CCC1C2)c1ccc(Br)s1. The van der Waals surface area contributed by atoms with Crippen LogP contribution in [0.4, 0.5) is 0 Å². The van der Waals surface area contributed by atoms with E-state index >= 15 is 0 Å². The zero-order chi connectivity index (χ0) is 12.5. The average molecular weight is 328 g/mol. The van der Waals surface area contributed by atoms with Crippen molar-refractivity contribution in [1.82, 2.24) is 5.32 Å². The highest BCUT2D eigenvalue weighted by Crippen LogP contribution is 2.51. The summed E-state index contributed by atoms with van der Waals surface area (Å²) in [5.41, 5.74) is 0. The zero-order valence-corrected chi connectivity index (χ0v) is 13.4. The second-order valence-corrected chi connectivity index (χ2v) is 8.42. The van der Waals surface area contributed by atoms with Crippen molar-refractivity contribution in [2.75, 3.05) is 6.54 Å². The fourth-order valence-corrected chi connectivity index (χ4v) is 5.54. The summed E-state index contributed by atoms with van der Waals surface area (Å²) in [4.78, 5) is 1.51. The number of rotatable bonds is 5. The molecule has 1 N–H and O–H groups in total. The Hall–Kier alpha value is 0.140. The van der Waals surface area contributed by atoms with Crippen molar-refractivity contribution in [3.63, 3.8) is 0 Å². The maximum Gasteiger partial charge on any atom is 0.0701 e. The fraction of sp³-hybridized carbons (Fsp3) is 0.733. The number of thiophene rings is 1. The molecule has 0 saturated heterocycles. The number of nitrogens with one attached hydrogen (secondary N) is 1. The lowest BCUT2D eigenvalue weighted by Crippen LogP contribution is -2.24. The predicted molar refractivity (Wildman–Crippen MR) is 82.0 cm³/mol. The van der Waals surface area contributed by atoms with E-state index < -0.39 is 0 Å². The van der Waals surface area contributed by atoms with Gasteiger partial charge in [0.1, 0.15) is 0 Å². The highest BCUT2D eigenvalue weighted by molar-refractivity contribution is 9.11. The van der Waals surface area contributed by atoms with Gasteiger partial charge in [-0.1, -0.05) is 13.3 Å². The molecular weight excluding hydrogens is 306 g/mol. The summed E-state index contributed by atoms with van der Waals surface area (Å²) in [5, 5.41) is 3.69. The van der Waals surface area contributed by atoms with Gasteiger partial charge in [0, 0.05) is 10.9 Å². The van der Waals surface area contributed by atoms with Gasteiger partial charge in [-0.2, -0.15) is 0 Å². The Morgan fingerprint density at radius 1 is 1.39 bits per heavy atom. The molecule has 2 aliphatic rings. The molecule has 18 heavy (non-hydrogen) atoms.